The minimum atomic E-state index is -0.720. The average molecular weight is 260 g/mol. The van der Waals surface area contributed by atoms with Gasteiger partial charge in [0.25, 0.3) is 0 Å². The van der Waals surface area contributed by atoms with Crippen molar-refractivity contribution in [1.29, 1.82) is 0 Å². The topological polar surface area (TPSA) is 50.4 Å². The summed E-state index contributed by atoms with van der Waals surface area (Å²) in [5.41, 5.74) is 0.236. The van der Waals surface area contributed by atoms with E-state index in [1.165, 1.54) is 13.2 Å². The molecule has 0 atom stereocenters. The van der Waals surface area contributed by atoms with E-state index in [9.17, 15) is 13.6 Å². The van der Waals surface area contributed by atoms with Gasteiger partial charge in [0.2, 0.25) is 0 Å². The normalized spacial score (nSPS) is 9.59. The second kappa shape index (κ2) is 6.09. The number of methoxy groups -OCH3 is 1. The SMILES string of the molecule is COC(=O)NC(=S)NCc1ccc(F)cc1F. The van der Waals surface area contributed by atoms with E-state index in [0.29, 0.717) is 0 Å². The van der Waals surface area contributed by atoms with Crippen LogP contribution in [-0.4, -0.2) is 18.3 Å². The van der Waals surface area contributed by atoms with E-state index < -0.39 is 17.7 Å². The fourth-order valence-electron chi connectivity index (χ4n) is 1.03. The molecule has 0 unspecified atom stereocenters. The zero-order valence-corrected chi connectivity index (χ0v) is 9.74. The molecular weight excluding hydrogens is 250 g/mol. The van der Waals surface area contributed by atoms with Crippen LogP contribution in [-0.2, 0) is 11.3 Å². The molecule has 1 rings (SSSR count). The van der Waals surface area contributed by atoms with Gasteiger partial charge in [-0.3, -0.25) is 5.32 Å². The molecule has 2 N–H and O–H groups in total. The summed E-state index contributed by atoms with van der Waals surface area (Å²) < 4.78 is 30.1. The molecule has 0 bridgehead atoms. The smallest absolute Gasteiger partial charge is 0.413 e. The minimum Gasteiger partial charge on any atom is -0.453 e. The van der Waals surface area contributed by atoms with E-state index >= 15 is 0 Å². The highest BCUT2D eigenvalue weighted by molar-refractivity contribution is 7.80. The number of hydrogen-bond acceptors (Lipinski definition) is 3. The van der Waals surface area contributed by atoms with Gasteiger partial charge in [-0.05, 0) is 18.3 Å². The van der Waals surface area contributed by atoms with Crippen LogP contribution < -0.4 is 10.6 Å². The van der Waals surface area contributed by atoms with Gasteiger partial charge >= 0.3 is 6.09 Å². The van der Waals surface area contributed by atoms with Crippen LogP contribution >= 0.6 is 12.2 Å². The first-order chi connectivity index (χ1) is 8.02. The molecule has 0 fully saturated rings. The largest absolute Gasteiger partial charge is 0.453 e. The number of amides is 1. The van der Waals surface area contributed by atoms with E-state index in [1.54, 1.807) is 0 Å². The molecule has 0 spiro atoms. The second-order valence-electron chi connectivity index (χ2n) is 3.03. The summed E-state index contributed by atoms with van der Waals surface area (Å²) in [5.74, 6) is -1.33. The first kappa shape index (κ1) is 13.3. The number of nitrogens with one attached hydrogen (secondary N) is 2. The maximum atomic E-state index is 13.2. The number of carbonyl (C=O) groups is 1. The predicted octanol–water partition coefficient (Wildman–Crippen LogP) is 1.70. The summed E-state index contributed by atoms with van der Waals surface area (Å²) in [7, 11) is 1.19. The van der Waals surface area contributed by atoms with E-state index in [0.717, 1.165) is 12.1 Å². The Morgan fingerprint density at radius 1 is 1.47 bits per heavy atom. The Balaban J connectivity index is 2.50. The van der Waals surface area contributed by atoms with Gasteiger partial charge in [0, 0.05) is 18.2 Å². The Labute approximate surface area is 102 Å². The molecule has 92 valence electrons. The summed E-state index contributed by atoms with van der Waals surface area (Å²) in [5, 5.41) is 4.78. The van der Waals surface area contributed by atoms with Gasteiger partial charge in [0.1, 0.15) is 11.6 Å². The number of thiocarbonyl (C=S) groups is 1. The molecule has 7 heteroatoms. The van der Waals surface area contributed by atoms with Crippen LogP contribution in [0.5, 0.6) is 0 Å². The van der Waals surface area contributed by atoms with Gasteiger partial charge in [0.05, 0.1) is 7.11 Å². The Morgan fingerprint density at radius 2 is 2.18 bits per heavy atom. The van der Waals surface area contributed by atoms with Crippen molar-refractivity contribution >= 4 is 23.4 Å². The molecule has 0 aliphatic heterocycles. The predicted molar refractivity (Wildman–Crippen MR) is 61.3 cm³/mol. The third-order valence-electron chi connectivity index (χ3n) is 1.86. The lowest BCUT2D eigenvalue weighted by Crippen LogP contribution is -2.38. The first-order valence-electron chi connectivity index (χ1n) is 4.59. The van der Waals surface area contributed by atoms with Crippen molar-refractivity contribution in [3.05, 3.63) is 35.4 Å². The van der Waals surface area contributed by atoms with Gasteiger partial charge in [-0.25, -0.2) is 13.6 Å². The number of hydrogen-bond donors (Lipinski definition) is 2. The Bertz CT molecular complexity index is 440. The van der Waals surface area contributed by atoms with E-state index in [4.69, 9.17) is 12.2 Å². The summed E-state index contributed by atoms with van der Waals surface area (Å²) in [6, 6.07) is 3.20. The number of benzene rings is 1. The Hall–Kier alpha value is -1.76. The average Bonchev–Trinajstić information content (AvgIpc) is 2.27. The minimum absolute atomic E-state index is 0.000532. The van der Waals surface area contributed by atoms with Crippen molar-refractivity contribution in [2.24, 2.45) is 0 Å². The van der Waals surface area contributed by atoms with Gasteiger partial charge < -0.3 is 10.1 Å². The highest BCUT2D eigenvalue weighted by atomic mass is 32.1. The summed E-state index contributed by atoms with van der Waals surface area (Å²) in [6.07, 6.45) is -0.720. The van der Waals surface area contributed by atoms with Crippen LogP contribution in [0.2, 0.25) is 0 Å². The third-order valence-corrected chi connectivity index (χ3v) is 2.10. The van der Waals surface area contributed by atoms with Crippen LogP contribution in [0.1, 0.15) is 5.56 Å². The second-order valence-corrected chi connectivity index (χ2v) is 3.44. The standard InChI is InChI=1S/C10H10F2N2O2S/c1-16-10(15)14-9(17)13-5-6-2-3-7(11)4-8(6)12/h2-4H,5H2,1H3,(H2,13,14,15,17). The molecule has 1 amide bonds. The lowest BCUT2D eigenvalue weighted by Gasteiger charge is -2.09. The van der Waals surface area contributed by atoms with E-state index in [1.807, 2.05) is 0 Å². The zero-order chi connectivity index (χ0) is 12.8. The van der Waals surface area contributed by atoms with Gasteiger partial charge in [-0.15, -0.1) is 0 Å². The number of rotatable bonds is 2. The van der Waals surface area contributed by atoms with Gasteiger partial charge in [-0.2, -0.15) is 0 Å². The molecule has 1 aromatic rings. The number of halogens is 2. The Kier molecular flexibility index (Phi) is 4.77. The fourth-order valence-corrected chi connectivity index (χ4v) is 1.18. The molecule has 0 saturated carbocycles. The number of carbonyl (C=O) groups excluding carboxylic acids is 1. The highest BCUT2D eigenvalue weighted by Gasteiger charge is 2.06. The monoisotopic (exact) mass is 260 g/mol. The van der Waals surface area contributed by atoms with Crippen molar-refractivity contribution in [3.8, 4) is 0 Å². The molecule has 4 nitrogen and oxygen atoms in total. The summed E-state index contributed by atoms with van der Waals surface area (Å²) >= 11 is 4.75. The van der Waals surface area contributed by atoms with Crippen molar-refractivity contribution in [2.75, 3.05) is 7.11 Å². The molecule has 0 radical (unpaired) electrons. The van der Waals surface area contributed by atoms with Crippen molar-refractivity contribution in [2.45, 2.75) is 6.54 Å². The lowest BCUT2D eigenvalue weighted by atomic mass is 10.2. The van der Waals surface area contributed by atoms with Crippen LogP contribution in [0, 0.1) is 11.6 Å². The molecule has 0 heterocycles. The third kappa shape index (κ3) is 4.31. The quantitative estimate of drug-likeness (QED) is 0.795. The molecular formula is C10H10F2N2O2S. The molecule has 0 aliphatic rings. The van der Waals surface area contributed by atoms with E-state index in [2.05, 4.69) is 15.4 Å². The van der Waals surface area contributed by atoms with Crippen molar-refractivity contribution in [1.82, 2.24) is 10.6 Å². The molecule has 0 aliphatic carbocycles. The molecule has 1 aromatic carbocycles. The molecule has 0 saturated heterocycles. The number of ether oxygens (including phenoxy) is 1. The summed E-state index contributed by atoms with van der Waals surface area (Å²) in [6.45, 7) is 0.0366. The van der Waals surface area contributed by atoms with Gasteiger partial charge in [-0.1, -0.05) is 6.07 Å². The maximum absolute atomic E-state index is 13.2. The molecule has 0 aromatic heterocycles. The maximum Gasteiger partial charge on any atom is 0.413 e. The first-order valence-corrected chi connectivity index (χ1v) is 5.00. The van der Waals surface area contributed by atoms with Crippen molar-refractivity contribution in [3.63, 3.8) is 0 Å². The van der Waals surface area contributed by atoms with E-state index in [-0.39, 0.29) is 17.2 Å². The van der Waals surface area contributed by atoms with Crippen molar-refractivity contribution < 1.29 is 18.3 Å². The Morgan fingerprint density at radius 3 is 2.76 bits per heavy atom. The molecule has 17 heavy (non-hydrogen) atoms. The van der Waals surface area contributed by atoms with Crippen LogP contribution in [0.15, 0.2) is 18.2 Å². The lowest BCUT2D eigenvalue weighted by molar-refractivity contribution is 0.176. The van der Waals surface area contributed by atoms with Crippen LogP contribution in [0.3, 0.4) is 0 Å². The highest BCUT2D eigenvalue weighted by Crippen LogP contribution is 2.08. The number of alkyl carbamates (subject to hydrolysis) is 1. The zero-order valence-electron chi connectivity index (χ0n) is 8.92. The van der Waals surface area contributed by atoms with Crippen LogP contribution in [0.25, 0.3) is 0 Å². The fraction of sp³-hybridized carbons (Fsp3) is 0.200. The van der Waals surface area contributed by atoms with Crippen LogP contribution in [0.4, 0.5) is 13.6 Å². The summed E-state index contributed by atoms with van der Waals surface area (Å²) in [4.78, 5) is 10.8. The van der Waals surface area contributed by atoms with Gasteiger partial charge in [0.15, 0.2) is 5.11 Å².